The van der Waals surface area contributed by atoms with E-state index in [9.17, 15) is 0 Å². The number of hydrogen-bond donors (Lipinski definition) is 1. The molecule has 0 saturated heterocycles. The summed E-state index contributed by atoms with van der Waals surface area (Å²) >= 11 is 2.06. The number of hydrogen-bond acceptors (Lipinski definition) is 3. The Labute approximate surface area is 135 Å². The third kappa shape index (κ3) is 7.23. The average molecular weight is 310 g/mol. The normalized spacial score (nSPS) is 13.9. The van der Waals surface area contributed by atoms with Crippen LogP contribution in [0.4, 0.5) is 0 Å². The van der Waals surface area contributed by atoms with Crippen LogP contribution in [0.5, 0.6) is 5.75 Å². The Balaban J connectivity index is 2.58. The van der Waals surface area contributed by atoms with Crippen molar-refractivity contribution in [1.82, 2.24) is 5.32 Å². The SMILES string of the molecule is CCCNC(CSCC(C)CC)c1ccc(OCC)cc1. The maximum Gasteiger partial charge on any atom is 0.119 e. The van der Waals surface area contributed by atoms with Crippen LogP contribution in [-0.2, 0) is 0 Å². The van der Waals surface area contributed by atoms with E-state index in [1.807, 2.05) is 6.92 Å². The van der Waals surface area contributed by atoms with E-state index in [4.69, 9.17) is 4.74 Å². The van der Waals surface area contributed by atoms with Crippen molar-refractivity contribution in [2.24, 2.45) is 5.92 Å². The highest BCUT2D eigenvalue weighted by Gasteiger charge is 2.11. The zero-order valence-corrected chi connectivity index (χ0v) is 14.8. The first-order chi connectivity index (χ1) is 10.2. The van der Waals surface area contributed by atoms with Gasteiger partial charge in [0.25, 0.3) is 0 Å². The number of nitrogens with one attached hydrogen (secondary N) is 1. The van der Waals surface area contributed by atoms with Crippen LogP contribution in [0.1, 0.15) is 52.1 Å². The van der Waals surface area contributed by atoms with Crippen LogP contribution < -0.4 is 10.1 Å². The molecular weight excluding hydrogens is 278 g/mol. The summed E-state index contributed by atoms with van der Waals surface area (Å²) in [5, 5.41) is 3.67. The van der Waals surface area contributed by atoms with E-state index < -0.39 is 0 Å². The molecule has 0 spiro atoms. The van der Waals surface area contributed by atoms with Crippen LogP contribution in [0.25, 0.3) is 0 Å². The summed E-state index contributed by atoms with van der Waals surface area (Å²) in [6, 6.07) is 9.00. The zero-order chi connectivity index (χ0) is 15.5. The summed E-state index contributed by atoms with van der Waals surface area (Å²) in [4.78, 5) is 0. The van der Waals surface area contributed by atoms with Gasteiger partial charge in [-0.15, -0.1) is 0 Å². The highest BCUT2D eigenvalue weighted by Crippen LogP contribution is 2.23. The fourth-order valence-electron chi connectivity index (χ4n) is 2.06. The second-order valence-electron chi connectivity index (χ2n) is 5.56. The van der Waals surface area contributed by atoms with Gasteiger partial charge in [0.05, 0.1) is 6.61 Å². The smallest absolute Gasteiger partial charge is 0.119 e. The molecule has 1 aromatic rings. The Morgan fingerprint density at radius 3 is 2.38 bits per heavy atom. The third-order valence-corrected chi connectivity index (χ3v) is 4.99. The molecule has 0 amide bonds. The van der Waals surface area contributed by atoms with Gasteiger partial charge in [-0.1, -0.05) is 39.3 Å². The summed E-state index contributed by atoms with van der Waals surface area (Å²) in [7, 11) is 0. The Kier molecular flexibility index (Phi) is 9.60. The van der Waals surface area contributed by atoms with Gasteiger partial charge in [0.1, 0.15) is 5.75 Å². The predicted octanol–water partition coefficient (Wildman–Crippen LogP) is 4.91. The molecule has 3 heteroatoms. The molecular formula is C18H31NOS. The highest BCUT2D eigenvalue weighted by atomic mass is 32.2. The summed E-state index contributed by atoms with van der Waals surface area (Å²) in [6.07, 6.45) is 2.44. The second-order valence-corrected chi connectivity index (χ2v) is 6.63. The Hall–Kier alpha value is -0.670. The maximum atomic E-state index is 5.52. The minimum Gasteiger partial charge on any atom is -0.494 e. The van der Waals surface area contributed by atoms with E-state index >= 15 is 0 Å². The van der Waals surface area contributed by atoms with E-state index in [1.54, 1.807) is 0 Å². The fraction of sp³-hybridized carbons (Fsp3) is 0.667. The minimum absolute atomic E-state index is 0.440. The van der Waals surface area contributed by atoms with Gasteiger partial charge in [-0.25, -0.2) is 0 Å². The number of rotatable bonds is 11. The van der Waals surface area contributed by atoms with Crippen molar-refractivity contribution in [1.29, 1.82) is 0 Å². The van der Waals surface area contributed by atoms with Crippen LogP contribution in [0, 0.1) is 5.92 Å². The molecule has 0 heterocycles. The van der Waals surface area contributed by atoms with Gasteiger partial charge in [-0.05, 0) is 49.3 Å². The lowest BCUT2D eigenvalue weighted by molar-refractivity contribution is 0.340. The van der Waals surface area contributed by atoms with Crippen LogP contribution in [0.2, 0.25) is 0 Å². The van der Waals surface area contributed by atoms with Crippen molar-refractivity contribution in [3.63, 3.8) is 0 Å². The summed E-state index contributed by atoms with van der Waals surface area (Å²) < 4.78 is 5.52. The quantitative estimate of drug-likeness (QED) is 0.628. The van der Waals surface area contributed by atoms with Crippen molar-refractivity contribution < 1.29 is 4.74 Å². The minimum atomic E-state index is 0.440. The van der Waals surface area contributed by atoms with Crippen molar-refractivity contribution in [3.8, 4) is 5.75 Å². The van der Waals surface area contributed by atoms with E-state index in [-0.39, 0.29) is 0 Å². The van der Waals surface area contributed by atoms with Gasteiger partial charge in [-0.3, -0.25) is 0 Å². The summed E-state index contributed by atoms with van der Waals surface area (Å²) in [5.74, 6) is 4.15. The molecule has 0 fully saturated rings. The first kappa shape index (κ1) is 18.4. The molecule has 21 heavy (non-hydrogen) atoms. The fourth-order valence-corrected chi connectivity index (χ4v) is 3.38. The van der Waals surface area contributed by atoms with Crippen LogP contribution in [0.15, 0.2) is 24.3 Å². The molecule has 0 saturated carbocycles. The molecule has 0 bridgehead atoms. The molecule has 0 radical (unpaired) electrons. The van der Waals surface area contributed by atoms with Crippen molar-refractivity contribution in [3.05, 3.63) is 29.8 Å². The molecule has 0 aliphatic heterocycles. The van der Waals surface area contributed by atoms with E-state index in [0.29, 0.717) is 6.04 Å². The lowest BCUT2D eigenvalue weighted by Crippen LogP contribution is -2.24. The molecule has 2 nitrogen and oxygen atoms in total. The second kappa shape index (κ2) is 11.0. The number of benzene rings is 1. The lowest BCUT2D eigenvalue weighted by atomic mass is 10.1. The topological polar surface area (TPSA) is 21.3 Å². The maximum absolute atomic E-state index is 5.52. The van der Waals surface area contributed by atoms with Gasteiger partial charge in [0.2, 0.25) is 0 Å². The summed E-state index contributed by atoms with van der Waals surface area (Å²) in [5.41, 5.74) is 1.36. The van der Waals surface area contributed by atoms with Gasteiger partial charge in [0.15, 0.2) is 0 Å². The Morgan fingerprint density at radius 1 is 1.10 bits per heavy atom. The Bertz CT molecular complexity index is 366. The highest BCUT2D eigenvalue weighted by molar-refractivity contribution is 7.99. The van der Waals surface area contributed by atoms with Gasteiger partial charge >= 0.3 is 0 Å². The first-order valence-electron chi connectivity index (χ1n) is 8.25. The predicted molar refractivity (Wildman–Crippen MR) is 95.4 cm³/mol. The molecule has 2 unspecified atom stereocenters. The van der Waals surface area contributed by atoms with E-state index in [0.717, 1.165) is 30.6 Å². The van der Waals surface area contributed by atoms with Gasteiger partial charge in [-0.2, -0.15) is 11.8 Å². The molecule has 2 atom stereocenters. The third-order valence-electron chi connectivity index (χ3n) is 3.62. The van der Waals surface area contributed by atoms with Gasteiger partial charge < -0.3 is 10.1 Å². The molecule has 0 aliphatic carbocycles. The molecule has 0 aromatic heterocycles. The zero-order valence-electron chi connectivity index (χ0n) is 14.0. The first-order valence-corrected chi connectivity index (χ1v) is 9.40. The monoisotopic (exact) mass is 309 g/mol. The Morgan fingerprint density at radius 2 is 1.81 bits per heavy atom. The van der Waals surface area contributed by atoms with Crippen molar-refractivity contribution >= 4 is 11.8 Å². The summed E-state index contributed by atoms with van der Waals surface area (Å²) in [6.45, 7) is 10.6. The number of thioether (sulfide) groups is 1. The van der Waals surface area contributed by atoms with Crippen LogP contribution >= 0.6 is 11.8 Å². The molecule has 1 rings (SSSR count). The number of ether oxygens (including phenoxy) is 1. The van der Waals surface area contributed by atoms with Gasteiger partial charge in [0, 0.05) is 11.8 Å². The molecule has 0 aliphatic rings. The average Bonchev–Trinajstić information content (AvgIpc) is 2.51. The van der Waals surface area contributed by atoms with Crippen LogP contribution in [0.3, 0.4) is 0 Å². The van der Waals surface area contributed by atoms with Crippen molar-refractivity contribution in [2.75, 3.05) is 24.7 Å². The van der Waals surface area contributed by atoms with E-state index in [1.165, 1.54) is 24.2 Å². The largest absolute Gasteiger partial charge is 0.494 e. The molecule has 1 aromatic carbocycles. The van der Waals surface area contributed by atoms with E-state index in [2.05, 4.69) is 62.1 Å². The van der Waals surface area contributed by atoms with Crippen molar-refractivity contribution in [2.45, 2.75) is 46.6 Å². The standard InChI is InChI=1S/C18H31NOS/c1-5-12-19-18(14-21-13-15(4)6-2)16-8-10-17(11-9-16)20-7-3/h8-11,15,18-19H,5-7,12-14H2,1-4H3. The molecule has 1 N–H and O–H groups in total. The lowest BCUT2D eigenvalue weighted by Gasteiger charge is -2.20. The molecule has 120 valence electrons. The van der Waals surface area contributed by atoms with Crippen LogP contribution in [-0.4, -0.2) is 24.7 Å².